The first-order valence-corrected chi connectivity index (χ1v) is 8.29. The predicted molar refractivity (Wildman–Crippen MR) is 80.7 cm³/mol. The standard InChI is InChI=1S/C15H20N2O3S/c1-11(2)15-16-10-13(17-15)8-9-20-21(18,19)14-6-4-12(3)5-7-14/h4-7,10-11H,8-9H2,1-3H3,(H,16,17). The molecule has 0 bridgehead atoms. The molecule has 0 aliphatic carbocycles. The predicted octanol–water partition coefficient (Wildman–Crippen LogP) is 2.79. The van der Waals surface area contributed by atoms with E-state index in [1.54, 1.807) is 30.5 Å². The van der Waals surface area contributed by atoms with Crippen LogP contribution in [0.15, 0.2) is 35.4 Å². The van der Waals surface area contributed by atoms with Crippen LogP contribution in [-0.2, 0) is 20.7 Å². The molecule has 6 heteroatoms. The molecule has 0 aliphatic heterocycles. The van der Waals surface area contributed by atoms with E-state index >= 15 is 0 Å². The summed E-state index contributed by atoms with van der Waals surface area (Å²) in [6, 6.07) is 6.61. The Morgan fingerprint density at radius 1 is 1.24 bits per heavy atom. The molecule has 114 valence electrons. The summed E-state index contributed by atoms with van der Waals surface area (Å²) >= 11 is 0. The van der Waals surface area contributed by atoms with E-state index in [1.165, 1.54) is 0 Å². The molecular weight excluding hydrogens is 288 g/mol. The molecule has 2 aromatic rings. The van der Waals surface area contributed by atoms with E-state index in [0.717, 1.165) is 17.1 Å². The zero-order valence-electron chi connectivity index (χ0n) is 12.5. The molecule has 21 heavy (non-hydrogen) atoms. The maximum Gasteiger partial charge on any atom is 0.296 e. The van der Waals surface area contributed by atoms with Crippen molar-refractivity contribution in [1.82, 2.24) is 9.97 Å². The van der Waals surface area contributed by atoms with Gasteiger partial charge in [0.15, 0.2) is 0 Å². The molecule has 0 aliphatic rings. The Balaban J connectivity index is 1.94. The fourth-order valence-corrected chi connectivity index (χ4v) is 2.74. The van der Waals surface area contributed by atoms with Crippen molar-refractivity contribution in [2.24, 2.45) is 0 Å². The molecular formula is C15H20N2O3S. The summed E-state index contributed by atoms with van der Waals surface area (Å²) in [5.41, 5.74) is 1.88. The number of aromatic amines is 1. The number of aromatic nitrogens is 2. The molecule has 0 fully saturated rings. The van der Waals surface area contributed by atoms with Gasteiger partial charge in [-0.2, -0.15) is 8.42 Å². The van der Waals surface area contributed by atoms with Crippen LogP contribution in [0.5, 0.6) is 0 Å². The van der Waals surface area contributed by atoms with E-state index in [1.807, 2.05) is 20.8 Å². The van der Waals surface area contributed by atoms with E-state index in [2.05, 4.69) is 9.97 Å². The van der Waals surface area contributed by atoms with Crippen molar-refractivity contribution in [2.75, 3.05) is 6.61 Å². The van der Waals surface area contributed by atoms with E-state index < -0.39 is 10.1 Å². The molecule has 1 aromatic carbocycles. The molecule has 0 amide bonds. The van der Waals surface area contributed by atoms with Crippen LogP contribution in [0, 0.1) is 6.92 Å². The number of aryl methyl sites for hydroxylation is 1. The van der Waals surface area contributed by atoms with Crippen LogP contribution in [0.1, 0.15) is 36.8 Å². The van der Waals surface area contributed by atoms with Crippen LogP contribution in [0.3, 0.4) is 0 Å². The van der Waals surface area contributed by atoms with Crippen molar-refractivity contribution < 1.29 is 12.6 Å². The lowest BCUT2D eigenvalue weighted by molar-refractivity contribution is 0.321. The van der Waals surface area contributed by atoms with Gasteiger partial charge in [0.1, 0.15) is 5.82 Å². The molecule has 0 unspecified atom stereocenters. The van der Waals surface area contributed by atoms with Gasteiger partial charge in [-0.25, -0.2) is 4.98 Å². The van der Waals surface area contributed by atoms with Crippen molar-refractivity contribution in [1.29, 1.82) is 0 Å². The third kappa shape index (κ3) is 4.15. The molecule has 1 aromatic heterocycles. The van der Waals surface area contributed by atoms with E-state index in [-0.39, 0.29) is 11.5 Å². The van der Waals surface area contributed by atoms with Crippen LogP contribution in [0.2, 0.25) is 0 Å². The summed E-state index contributed by atoms with van der Waals surface area (Å²) in [5.74, 6) is 1.21. The lowest BCUT2D eigenvalue weighted by atomic mass is 10.2. The highest BCUT2D eigenvalue weighted by atomic mass is 32.2. The van der Waals surface area contributed by atoms with Gasteiger partial charge in [-0.15, -0.1) is 0 Å². The van der Waals surface area contributed by atoms with Gasteiger partial charge in [0.2, 0.25) is 0 Å². The first-order valence-electron chi connectivity index (χ1n) is 6.88. The first kappa shape index (κ1) is 15.7. The highest BCUT2D eigenvalue weighted by Gasteiger charge is 2.15. The smallest absolute Gasteiger partial charge is 0.296 e. The van der Waals surface area contributed by atoms with Crippen LogP contribution in [0.4, 0.5) is 0 Å². The summed E-state index contributed by atoms with van der Waals surface area (Å²) in [5, 5.41) is 0. The van der Waals surface area contributed by atoms with Crippen molar-refractivity contribution in [2.45, 2.75) is 38.0 Å². The highest BCUT2D eigenvalue weighted by Crippen LogP contribution is 2.14. The zero-order valence-corrected chi connectivity index (χ0v) is 13.3. The van der Waals surface area contributed by atoms with Gasteiger partial charge in [-0.3, -0.25) is 4.18 Å². The summed E-state index contributed by atoms with van der Waals surface area (Å²) in [7, 11) is -3.69. The van der Waals surface area contributed by atoms with Crippen molar-refractivity contribution in [3.05, 3.63) is 47.5 Å². The maximum atomic E-state index is 12.0. The quantitative estimate of drug-likeness (QED) is 0.833. The lowest BCUT2D eigenvalue weighted by Crippen LogP contribution is -2.09. The summed E-state index contributed by atoms with van der Waals surface area (Å²) in [6.45, 7) is 6.08. The molecule has 1 heterocycles. The third-order valence-corrected chi connectivity index (χ3v) is 4.44. The number of hydrogen-bond donors (Lipinski definition) is 1. The molecule has 0 atom stereocenters. The van der Waals surface area contributed by atoms with Crippen molar-refractivity contribution >= 4 is 10.1 Å². The minimum atomic E-state index is -3.69. The van der Waals surface area contributed by atoms with Gasteiger partial charge in [0.05, 0.1) is 11.5 Å². The largest absolute Gasteiger partial charge is 0.346 e. The minimum absolute atomic E-state index is 0.0932. The Hall–Kier alpha value is -1.66. The average molecular weight is 308 g/mol. The van der Waals surface area contributed by atoms with Crippen LogP contribution < -0.4 is 0 Å². The first-order chi connectivity index (χ1) is 9.88. The van der Waals surface area contributed by atoms with E-state index in [9.17, 15) is 8.42 Å². The minimum Gasteiger partial charge on any atom is -0.346 e. The Morgan fingerprint density at radius 2 is 1.90 bits per heavy atom. The normalized spacial score (nSPS) is 12.0. The van der Waals surface area contributed by atoms with Crippen LogP contribution in [0.25, 0.3) is 0 Å². The number of H-pyrrole nitrogens is 1. The van der Waals surface area contributed by atoms with E-state index in [0.29, 0.717) is 12.3 Å². The fourth-order valence-electron chi connectivity index (χ4n) is 1.83. The maximum absolute atomic E-state index is 12.0. The Kier molecular flexibility index (Phi) is 4.80. The van der Waals surface area contributed by atoms with Gasteiger partial charge in [-0.1, -0.05) is 31.5 Å². The second-order valence-corrected chi connectivity index (χ2v) is 6.90. The number of nitrogens with one attached hydrogen (secondary N) is 1. The molecule has 0 spiro atoms. The molecule has 0 radical (unpaired) electrons. The summed E-state index contributed by atoms with van der Waals surface area (Å²) < 4.78 is 29.1. The number of hydrogen-bond acceptors (Lipinski definition) is 4. The number of benzene rings is 1. The molecule has 2 rings (SSSR count). The highest BCUT2D eigenvalue weighted by molar-refractivity contribution is 7.86. The van der Waals surface area contributed by atoms with Crippen molar-refractivity contribution in [3.63, 3.8) is 0 Å². The number of nitrogens with zero attached hydrogens (tertiary/aromatic N) is 1. The van der Waals surface area contributed by atoms with Gasteiger partial charge >= 0.3 is 0 Å². The number of imidazole rings is 1. The monoisotopic (exact) mass is 308 g/mol. The topological polar surface area (TPSA) is 72.1 Å². The van der Waals surface area contributed by atoms with Gasteiger partial charge in [0.25, 0.3) is 10.1 Å². The van der Waals surface area contributed by atoms with Gasteiger partial charge < -0.3 is 4.98 Å². The van der Waals surface area contributed by atoms with Crippen LogP contribution in [-0.4, -0.2) is 25.0 Å². The third-order valence-electron chi connectivity index (χ3n) is 3.11. The SMILES string of the molecule is Cc1ccc(S(=O)(=O)OCCc2cnc(C(C)C)[nH]2)cc1. The Morgan fingerprint density at radius 3 is 2.48 bits per heavy atom. The Bertz CT molecular complexity index is 688. The Labute approximate surface area is 125 Å². The average Bonchev–Trinajstić information content (AvgIpc) is 2.88. The summed E-state index contributed by atoms with van der Waals surface area (Å²) in [6.07, 6.45) is 2.20. The van der Waals surface area contributed by atoms with Gasteiger partial charge in [-0.05, 0) is 19.1 Å². The zero-order chi connectivity index (χ0) is 15.5. The van der Waals surface area contributed by atoms with Crippen molar-refractivity contribution in [3.8, 4) is 0 Å². The molecule has 0 saturated carbocycles. The molecule has 1 N–H and O–H groups in total. The lowest BCUT2D eigenvalue weighted by Gasteiger charge is -2.05. The number of rotatable bonds is 6. The van der Waals surface area contributed by atoms with Gasteiger partial charge in [0, 0.05) is 24.2 Å². The summed E-state index contributed by atoms with van der Waals surface area (Å²) in [4.78, 5) is 7.58. The van der Waals surface area contributed by atoms with Crippen LogP contribution >= 0.6 is 0 Å². The molecule has 5 nitrogen and oxygen atoms in total. The second-order valence-electron chi connectivity index (χ2n) is 5.29. The fraction of sp³-hybridized carbons (Fsp3) is 0.400. The van der Waals surface area contributed by atoms with E-state index in [4.69, 9.17) is 4.18 Å². The second kappa shape index (κ2) is 6.41. The molecule has 0 saturated heterocycles.